The number of piperazine rings is 1. The van der Waals surface area contributed by atoms with Gasteiger partial charge in [0.1, 0.15) is 66.3 Å². The van der Waals surface area contributed by atoms with Gasteiger partial charge >= 0.3 is 5.97 Å². The average Bonchev–Trinajstić information content (AvgIpc) is 2.44. The molecule has 0 spiro atoms. The maximum absolute atomic E-state index is 14.5. The number of carboxylic acids is 1. The van der Waals surface area contributed by atoms with Crippen molar-refractivity contribution in [1.29, 1.82) is 0 Å². The molecule has 0 radical (unpaired) electrons. The van der Waals surface area contributed by atoms with E-state index in [1.165, 1.54) is 29.8 Å². The number of thiophene rings is 1. The zero-order valence-electron chi connectivity index (χ0n) is 47.0. The van der Waals surface area contributed by atoms with Crippen LogP contribution in [-0.4, -0.2) is 185 Å². The van der Waals surface area contributed by atoms with Crippen molar-refractivity contribution in [1.82, 2.24) is 29.7 Å². The minimum absolute atomic E-state index is 0.000666. The SMILES string of the molecule is Cc1c(Cl)c2c(Cl)c(C)c1-c1c(-c3ccc(F)cc3)sc3ncnc(c13)O[C@@H](C(=O)O)Cc1cc(ccc1OCc1ccnc(-c3ccc(OCC4COCCOCCOCCOCCOCCO4)cc3)n1)OC[C@@H](CN1CCN(C)CC1)O2. The highest BCUT2D eigenvalue weighted by Gasteiger charge is 2.32. The van der Waals surface area contributed by atoms with Crippen LogP contribution in [0.15, 0.2) is 85.3 Å². The quantitative estimate of drug-likeness (QED) is 0.128. The second-order valence-corrected chi connectivity index (χ2v) is 22.1. The molecule has 1 N–H and O–H groups in total. The number of ether oxygens (including phenoxy) is 11. The Morgan fingerprint density at radius 3 is 2.10 bits per heavy atom. The summed E-state index contributed by atoms with van der Waals surface area (Å²) < 4.78 is 81.4. The second kappa shape index (κ2) is 29.6. The molecule has 23 heteroatoms. The van der Waals surface area contributed by atoms with Crippen molar-refractivity contribution >= 4 is 50.7 Å². The molecule has 4 bridgehead atoms. The predicted molar refractivity (Wildman–Crippen MR) is 315 cm³/mol. The van der Waals surface area contributed by atoms with Crippen molar-refractivity contribution in [2.75, 3.05) is 126 Å². The van der Waals surface area contributed by atoms with E-state index in [9.17, 15) is 14.3 Å². The second-order valence-electron chi connectivity index (χ2n) is 20.3. The van der Waals surface area contributed by atoms with Crippen molar-refractivity contribution < 1.29 is 66.4 Å². The van der Waals surface area contributed by atoms with E-state index >= 15 is 0 Å². The molecule has 4 aromatic carbocycles. The smallest absolute Gasteiger partial charge is 0.345 e. The summed E-state index contributed by atoms with van der Waals surface area (Å²) in [7, 11) is 2.10. The summed E-state index contributed by atoms with van der Waals surface area (Å²) in [6.07, 6.45) is 0.374. The molecule has 7 aromatic rings. The first-order chi connectivity index (χ1) is 40.9. The van der Waals surface area contributed by atoms with Gasteiger partial charge in [-0.1, -0.05) is 35.3 Å². The molecule has 19 nitrogen and oxygen atoms in total. The number of benzene rings is 4. The lowest BCUT2D eigenvalue weighted by Crippen LogP contribution is -2.49. The van der Waals surface area contributed by atoms with Gasteiger partial charge in [-0.05, 0) is 104 Å². The number of likely N-dealkylation sites (N-methyl/N-ethyl adjacent to an activating group) is 1. The summed E-state index contributed by atoms with van der Waals surface area (Å²) in [5.74, 6) is 0.524. The zero-order chi connectivity index (χ0) is 58.4. The number of carbonyl (C=O) groups is 1. The molecule has 1 unspecified atom stereocenters. The minimum atomic E-state index is -1.50. The van der Waals surface area contributed by atoms with Crippen LogP contribution >= 0.6 is 34.5 Å². The van der Waals surface area contributed by atoms with Crippen molar-refractivity contribution in [2.45, 2.75) is 45.2 Å². The van der Waals surface area contributed by atoms with Crippen LogP contribution in [-0.2, 0) is 46.2 Å². The predicted octanol–water partition coefficient (Wildman–Crippen LogP) is 9.45. The van der Waals surface area contributed by atoms with Crippen LogP contribution in [0.5, 0.6) is 28.9 Å². The van der Waals surface area contributed by atoms with Crippen LogP contribution in [0.3, 0.4) is 0 Å². The molecule has 2 saturated heterocycles. The van der Waals surface area contributed by atoms with E-state index in [1.807, 2.05) is 38.1 Å². The summed E-state index contributed by atoms with van der Waals surface area (Å²) in [6, 6.07) is 20.5. The van der Waals surface area contributed by atoms with Gasteiger partial charge in [0.25, 0.3) is 0 Å². The molecule has 0 aliphatic carbocycles. The third-order valence-electron chi connectivity index (χ3n) is 14.4. The molecule has 4 aliphatic heterocycles. The Balaban J connectivity index is 0.904. The summed E-state index contributed by atoms with van der Waals surface area (Å²) in [6.45, 7) is 12.7. The standard InChI is InChI=1S/C61H67Cl2FN6O13S/c1-38-51-39(2)55(63)56(54(38)62)82-47(32-70-18-16-69(3)17-19-70)35-80-46-12-13-49(42(30-46)31-50(61(71)72)83-59-53-52(51)57(84-60(53)67-37-66-59)40-4-8-43(64)9-5-40)81-33-44-14-15-65-58(68-44)41-6-10-45(11-7-41)79-36-48-34-77-27-26-75-23-22-73-20-21-74-24-25-76-28-29-78-48/h4-15,30,37,47-48,50H,16-29,31-36H2,1-3H3,(H,71,72)/t47-,48?,50-/m1/s1. The van der Waals surface area contributed by atoms with Crippen LogP contribution in [0.2, 0.25) is 10.0 Å². The number of nitrogens with zero attached hydrogens (tertiary/aromatic N) is 6. The van der Waals surface area contributed by atoms with Gasteiger partial charge in [0.05, 0.1) is 93.8 Å². The molecule has 0 amide bonds. The number of hydrogen-bond acceptors (Lipinski definition) is 19. The molecule has 2 fully saturated rings. The van der Waals surface area contributed by atoms with Crippen molar-refractivity contribution in [3.63, 3.8) is 0 Å². The lowest BCUT2D eigenvalue weighted by molar-refractivity contribution is -0.145. The van der Waals surface area contributed by atoms with Gasteiger partial charge in [0, 0.05) is 66.9 Å². The summed E-state index contributed by atoms with van der Waals surface area (Å²) in [5, 5.41) is 12.0. The van der Waals surface area contributed by atoms with Gasteiger partial charge < -0.3 is 62.1 Å². The normalized spacial score (nSPS) is 19.5. The first kappa shape index (κ1) is 60.8. The third kappa shape index (κ3) is 15.7. The fourth-order valence-electron chi connectivity index (χ4n) is 9.88. The molecule has 0 saturated carbocycles. The van der Waals surface area contributed by atoms with Gasteiger partial charge in [-0.2, -0.15) is 0 Å². The number of hydrogen-bond donors (Lipinski definition) is 1. The maximum atomic E-state index is 14.5. The Labute approximate surface area is 500 Å². The molecule has 446 valence electrons. The number of fused-ring (bicyclic) bond motifs is 7. The number of rotatable bonds is 11. The van der Waals surface area contributed by atoms with Crippen molar-refractivity contribution in [2.24, 2.45) is 0 Å². The number of aliphatic carboxylic acids is 1. The maximum Gasteiger partial charge on any atom is 0.345 e. The van der Waals surface area contributed by atoms with Crippen molar-refractivity contribution in [3.8, 4) is 61.8 Å². The highest BCUT2D eigenvalue weighted by molar-refractivity contribution is 7.22. The Hall–Kier alpha value is -6.34. The number of halogens is 3. The molecule has 7 heterocycles. The van der Waals surface area contributed by atoms with E-state index in [-0.39, 0.29) is 48.3 Å². The Kier molecular flexibility index (Phi) is 21.4. The Morgan fingerprint density at radius 2 is 1.40 bits per heavy atom. The summed E-state index contributed by atoms with van der Waals surface area (Å²) in [4.78, 5) is 37.9. The van der Waals surface area contributed by atoms with Crippen LogP contribution in [0.1, 0.15) is 22.4 Å². The zero-order valence-corrected chi connectivity index (χ0v) is 49.4. The van der Waals surface area contributed by atoms with Gasteiger partial charge in [0.2, 0.25) is 12.0 Å². The van der Waals surface area contributed by atoms with Gasteiger partial charge in [-0.25, -0.2) is 29.1 Å². The fraction of sp³-hybridized carbons (Fsp3) is 0.426. The van der Waals surface area contributed by atoms with E-state index in [4.69, 9.17) is 80.3 Å². The Bertz CT molecular complexity index is 3270. The molecular formula is C61H67Cl2FN6O13S. The largest absolute Gasteiger partial charge is 0.491 e. The monoisotopic (exact) mass is 1210 g/mol. The van der Waals surface area contributed by atoms with E-state index in [0.29, 0.717) is 162 Å². The first-order valence-corrected chi connectivity index (χ1v) is 29.5. The highest BCUT2D eigenvalue weighted by atomic mass is 35.5. The minimum Gasteiger partial charge on any atom is -0.491 e. The lowest BCUT2D eigenvalue weighted by Gasteiger charge is -2.35. The third-order valence-corrected chi connectivity index (χ3v) is 16.4. The van der Waals surface area contributed by atoms with Gasteiger partial charge in [0.15, 0.2) is 11.6 Å². The highest BCUT2D eigenvalue weighted by Crippen LogP contribution is 2.53. The van der Waals surface area contributed by atoms with Crippen molar-refractivity contribution in [3.05, 3.63) is 124 Å². The average molecular weight is 1210 g/mol. The Morgan fingerprint density at radius 1 is 0.738 bits per heavy atom. The number of carboxylic acid groups (broad SMARTS) is 1. The molecule has 3 aromatic heterocycles. The number of aromatic nitrogens is 4. The molecule has 11 rings (SSSR count). The van der Waals surface area contributed by atoms with E-state index in [2.05, 4.69) is 31.8 Å². The molecule has 4 aliphatic rings. The first-order valence-electron chi connectivity index (χ1n) is 27.9. The van der Waals surface area contributed by atoms with E-state index in [1.54, 1.807) is 42.6 Å². The van der Waals surface area contributed by atoms with Gasteiger partial charge in [-0.15, -0.1) is 11.3 Å². The van der Waals surface area contributed by atoms with E-state index < -0.39 is 24.0 Å². The topological polar surface area (TPSA) is 197 Å². The van der Waals surface area contributed by atoms with E-state index in [0.717, 1.165) is 31.7 Å². The lowest BCUT2D eigenvalue weighted by atomic mass is 9.92. The van der Waals surface area contributed by atoms with Crippen LogP contribution in [0.25, 0.3) is 43.2 Å². The fourth-order valence-corrected chi connectivity index (χ4v) is 11.5. The summed E-state index contributed by atoms with van der Waals surface area (Å²) >= 11 is 16.1. The summed E-state index contributed by atoms with van der Waals surface area (Å²) in [5.41, 5.74) is 4.97. The molecular weight excluding hydrogens is 1150 g/mol. The molecule has 3 atom stereocenters. The molecule has 84 heavy (non-hydrogen) atoms. The van der Waals surface area contributed by atoms with Crippen LogP contribution in [0, 0.1) is 19.7 Å². The van der Waals surface area contributed by atoms with Gasteiger partial charge in [-0.3, -0.25) is 4.90 Å². The van der Waals surface area contributed by atoms with Crippen LogP contribution in [0.4, 0.5) is 4.39 Å². The van der Waals surface area contributed by atoms with Crippen LogP contribution < -0.4 is 23.7 Å².